The van der Waals surface area contributed by atoms with E-state index in [1.54, 1.807) is 0 Å². The Morgan fingerprint density at radius 1 is 1.45 bits per heavy atom. The predicted octanol–water partition coefficient (Wildman–Crippen LogP) is 0.925. The second-order valence-electron chi connectivity index (χ2n) is 4.56. The lowest BCUT2D eigenvalue weighted by atomic mass is 10.0. The standard InChI is InChI=1S/C12H11N3O7/c1-20-11(17)13-8-5-6(15(18)19)4-7-9(8)14-10(16)12(7)21-2-3-22-12/h4-5H,2-3H2,1H3,(H,13,17)(H,14,16). The van der Waals surface area contributed by atoms with Gasteiger partial charge in [0.15, 0.2) is 0 Å². The minimum absolute atomic E-state index is 0.0281. The van der Waals surface area contributed by atoms with Crippen molar-refractivity contribution in [3.8, 4) is 0 Å². The summed E-state index contributed by atoms with van der Waals surface area (Å²) in [6.07, 6.45) is -0.828. The molecular weight excluding hydrogens is 298 g/mol. The van der Waals surface area contributed by atoms with Crippen LogP contribution in [0.4, 0.5) is 21.9 Å². The predicted molar refractivity (Wildman–Crippen MR) is 71.3 cm³/mol. The van der Waals surface area contributed by atoms with Crippen LogP contribution in [0.25, 0.3) is 0 Å². The fourth-order valence-electron chi connectivity index (χ4n) is 2.40. The molecule has 116 valence electrons. The van der Waals surface area contributed by atoms with Crippen LogP contribution >= 0.6 is 0 Å². The molecule has 0 aromatic heterocycles. The van der Waals surface area contributed by atoms with Crippen LogP contribution in [0, 0.1) is 10.1 Å². The van der Waals surface area contributed by atoms with E-state index < -0.39 is 22.7 Å². The molecule has 1 aromatic carbocycles. The lowest BCUT2D eigenvalue weighted by Crippen LogP contribution is -2.35. The molecule has 0 aliphatic carbocycles. The first kappa shape index (κ1) is 14.2. The van der Waals surface area contributed by atoms with E-state index in [1.165, 1.54) is 6.07 Å². The monoisotopic (exact) mass is 309 g/mol. The Morgan fingerprint density at radius 2 is 2.14 bits per heavy atom. The van der Waals surface area contributed by atoms with Crippen LogP contribution in [-0.2, 0) is 24.8 Å². The number of amides is 2. The van der Waals surface area contributed by atoms with Crippen molar-refractivity contribution in [1.82, 2.24) is 0 Å². The number of benzene rings is 1. The Bertz CT molecular complexity index is 682. The Labute approximate surface area is 123 Å². The van der Waals surface area contributed by atoms with E-state index in [1.807, 2.05) is 0 Å². The van der Waals surface area contributed by atoms with E-state index >= 15 is 0 Å². The zero-order valence-corrected chi connectivity index (χ0v) is 11.4. The number of hydrogen-bond donors (Lipinski definition) is 2. The molecule has 2 aliphatic heterocycles. The minimum atomic E-state index is -1.71. The van der Waals surface area contributed by atoms with Gasteiger partial charge in [0.1, 0.15) is 0 Å². The molecule has 2 aliphatic rings. The summed E-state index contributed by atoms with van der Waals surface area (Å²) in [5, 5.41) is 15.9. The summed E-state index contributed by atoms with van der Waals surface area (Å²) < 4.78 is 15.2. The lowest BCUT2D eigenvalue weighted by Gasteiger charge is -2.19. The number of rotatable bonds is 2. The molecule has 1 aromatic rings. The normalized spacial score (nSPS) is 18.0. The van der Waals surface area contributed by atoms with Crippen molar-refractivity contribution in [2.24, 2.45) is 0 Å². The van der Waals surface area contributed by atoms with E-state index in [-0.39, 0.29) is 35.8 Å². The van der Waals surface area contributed by atoms with Gasteiger partial charge in [-0.25, -0.2) is 4.79 Å². The van der Waals surface area contributed by atoms with Gasteiger partial charge in [-0.2, -0.15) is 0 Å². The maximum Gasteiger partial charge on any atom is 0.411 e. The third-order valence-electron chi connectivity index (χ3n) is 3.34. The number of nitrogens with one attached hydrogen (secondary N) is 2. The van der Waals surface area contributed by atoms with Crippen LogP contribution < -0.4 is 10.6 Å². The smallest absolute Gasteiger partial charge is 0.411 e. The molecule has 2 N–H and O–H groups in total. The van der Waals surface area contributed by atoms with Gasteiger partial charge in [0, 0.05) is 12.1 Å². The number of nitrogens with zero attached hydrogens (tertiary/aromatic N) is 1. The Kier molecular flexibility index (Phi) is 3.19. The molecular formula is C12H11N3O7. The van der Waals surface area contributed by atoms with E-state index in [9.17, 15) is 19.7 Å². The van der Waals surface area contributed by atoms with Crippen molar-refractivity contribution in [3.05, 3.63) is 27.8 Å². The highest BCUT2D eigenvalue weighted by atomic mass is 16.7. The number of anilines is 2. The minimum Gasteiger partial charge on any atom is -0.453 e. The summed E-state index contributed by atoms with van der Waals surface area (Å²) in [6, 6.07) is 2.30. The average Bonchev–Trinajstić information content (AvgIpc) is 3.08. The fraction of sp³-hybridized carbons (Fsp3) is 0.333. The number of carbonyl (C=O) groups excluding carboxylic acids is 2. The molecule has 0 radical (unpaired) electrons. The molecule has 10 nitrogen and oxygen atoms in total. The summed E-state index contributed by atoms with van der Waals surface area (Å²) in [5.41, 5.74) is 0.0407. The zero-order valence-electron chi connectivity index (χ0n) is 11.4. The van der Waals surface area contributed by atoms with Crippen molar-refractivity contribution < 1.29 is 28.7 Å². The first-order valence-electron chi connectivity index (χ1n) is 6.25. The molecule has 0 saturated carbocycles. The number of methoxy groups -OCH3 is 1. The second-order valence-corrected chi connectivity index (χ2v) is 4.56. The first-order valence-corrected chi connectivity index (χ1v) is 6.25. The summed E-state index contributed by atoms with van der Waals surface area (Å²) >= 11 is 0. The van der Waals surface area contributed by atoms with Gasteiger partial charge >= 0.3 is 6.09 Å². The van der Waals surface area contributed by atoms with Gasteiger partial charge in [0.25, 0.3) is 17.4 Å². The van der Waals surface area contributed by atoms with Crippen LogP contribution in [0.15, 0.2) is 12.1 Å². The van der Waals surface area contributed by atoms with Gasteiger partial charge in [0.05, 0.1) is 42.2 Å². The van der Waals surface area contributed by atoms with Crippen LogP contribution in [-0.4, -0.2) is 37.2 Å². The molecule has 1 fully saturated rings. The third-order valence-corrected chi connectivity index (χ3v) is 3.34. The second kappa shape index (κ2) is 4.93. The third kappa shape index (κ3) is 1.96. The lowest BCUT2D eigenvalue weighted by molar-refractivity contribution is -0.385. The van der Waals surface area contributed by atoms with Crippen LogP contribution in [0.3, 0.4) is 0 Å². The van der Waals surface area contributed by atoms with Crippen molar-refractivity contribution in [3.63, 3.8) is 0 Å². The summed E-state index contributed by atoms with van der Waals surface area (Å²) in [7, 11) is 1.15. The van der Waals surface area contributed by atoms with Crippen molar-refractivity contribution in [2.45, 2.75) is 5.79 Å². The van der Waals surface area contributed by atoms with Gasteiger partial charge in [0.2, 0.25) is 0 Å². The summed E-state index contributed by atoms with van der Waals surface area (Å²) in [6.45, 7) is 0.352. The molecule has 1 spiro atoms. The molecule has 0 bridgehead atoms. The fourth-order valence-corrected chi connectivity index (χ4v) is 2.40. The number of nitro groups is 1. The van der Waals surface area contributed by atoms with Crippen molar-refractivity contribution in [1.29, 1.82) is 0 Å². The molecule has 0 unspecified atom stereocenters. The van der Waals surface area contributed by atoms with Crippen molar-refractivity contribution in [2.75, 3.05) is 31.0 Å². The number of fused-ring (bicyclic) bond motifs is 2. The molecule has 1 saturated heterocycles. The maximum absolute atomic E-state index is 12.2. The van der Waals surface area contributed by atoms with E-state index in [4.69, 9.17) is 9.47 Å². The van der Waals surface area contributed by atoms with Crippen LogP contribution in [0.2, 0.25) is 0 Å². The first-order chi connectivity index (χ1) is 10.5. The highest BCUT2D eigenvalue weighted by molar-refractivity contribution is 6.09. The number of ether oxygens (including phenoxy) is 3. The van der Waals surface area contributed by atoms with Gasteiger partial charge in [-0.05, 0) is 0 Å². The maximum atomic E-state index is 12.2. The number of hydrogen-bond acceptors (Lipinski definition) is 7. The van der Waals surface area contributed by atoms with Crippen LogP contribution in [0.1, 0.15) is 5.56 Å². The molecule has 22 heavy (non-hydrogen) atoms. The van der Waals surface area contributed by atoms with Gasteiger partial charge in [-0.1, -0.05) is 0 Å². The highest BCUT2D eigenvalue weighted by Gasteiger charge is 2.54. The molecule has 0 atom stereocenters. The van der Waals surface area contributed by atoms with Crippen molar-refractivity contribution >= 4 is 29.1 Å². The molecule has 2 amide bonds. The summed E-state index contributed by atoms with van der Waals surface area (Å²) in [5.74, 6) is -2.32. The van der Waals surface area contributed by atoms with Gasteiger partial charge < -0.3 is 19.5 Å². The van der Waals surface area contributed by atoms with Gasteiger partial charge in [-0.15, -0.1) is 0 Å². The quantitative estimate of drug-likeness (QED) is 0.614. The highest BCUT2D eigenvalue weighted by Crippen LogP contribution is 2.47. The number of carbonyl (C=O) groups is 2. The topological polar surface area (TPSA) is 129 Å². The Hall–Kier alpha value is -2.72. The number of non-ortho nitro benzene ring substituents is 1. The Morgan fingerprint density at radius 3 is 2.73 bits per heavy atom. The van der Waals surface area contributed by atoms with Crippen LogP contribution in [0.5, 0.6) is 0 Å². The van der Waals surface area contributed by atoms with E-state index in [0.29, 0.717) is 0 Å². The molecule has 10 heteroatoms. The Balaban J connectivity index is 2.16. The van der Waals surface area contributed by atoms with E-state index in [2.05, 4.69) is 15.4 Å². The van der Waals surface area contributed by atoms with Gasteiger partial charge in [-0.3, -0.25) is 20.2 Å². The molecule has 3 rings (SSSR count). The summed E-state index contributed by atoms with van der Waals surface area (Å²) in [4.78, 5) is 34.0. The number of nitro benzene ring substituents is 1. The zero-order chi connectivity index (χ0) is 15.9. The average molecular weight is 309 g/mol. The molecule has 2 heterocycles. The SMILES string of the molecule is COC(=O)Nc1cc([N+](=O)[O-])cc2c1NC(=O)C21OCCO1. The van der Waals surface area contributed by atoms with E-state index in [0.717, 1.165) is 13.2 Å². The largest absolute Gasteiger partial charge is 0.453 e.